The van der Waals surface area contributed by atoms with Crippen LogP contribution in [-0.2, 0) is 47.9 Å². The largest absolute Gasteiger partial charge is 2.00 e. The normalized spacial score (nSPS) is 11.6. The summed E-state index contributed by atoms with van der Waals surface area (Å²) >= 11 is 0. The predicted octanol–water partition coefficient (Wildman–Crippen LogP) is 7.32. The van der Waals surface area contributed by atoms with Gasteiger partial charge in [-0.2, -0.15) is 0 Å². The molecule has 8 bridgehead atoms. The maximum atomic E-state index is 6.22. The van der Waals surface area contributed by atoms with Crippen LogP contribution in [0.3, 0.4) is 0 Å². The number of fused-ring (bicyclic) bond motifs is 8. The quantitative estimate of drug-likeness (QED) is 0.0384. The van der Waals surface area contributed by atoms with Gasteiger partial charge in [0.2, 0.25) is 0 Å². The van der Waals surface area contributed by atoms with Crippen LogP contribution < -0.4 is 19.4 Å². The van der Waals surface area contributed by atoms with Crippen LogP contribution in [0.5, 0.6) is 11.5 Å². The van der Waals surface area contributed by atoms with Gasteiger partial charge in [0.25, 0.3) is 0 Å². The Bertz CT molecular complexity index is 2460. The van der Waals surface area contributed by atoms with Crippen molar-refractivity contribution in [1.82, 2.24) is 19.9 Å². The first-order valence-corrected chi connectivity index (χ1v) is 20.3. The van der Waals surface area contributed by atoms with Crippen LogP contribution in [-0.4, -0.2) is 103 Å². The second-order valence-electron chi connectivity index (χ2n) is 13.8. The van der Waals surface area contributed by atoms with Crippen LogP contribution in [0.4, 0.5) is 0 Å². The summed E-state index contributed by atoms with van der Waals surface area (Å²) in [7, 11) is 3.28. The number of nitrogens with zero attached hydrogens (tertiary/aromatic N) is 4. The van der Waals surface area contributed by atoms with E-state index in [2.05, 4.69) is 11.8 Å². The van der Waals surface area contributed by atoms with Crippen molar-refractivity contribution in [2.45, 2.75) is 0 Å². The van der Waals surface area contributed by atoms with Gasteiger partial charge < -0.3 is 47.9 Å². The SMILES string of the molecule is C#Cc1c2nc(c(-c3cccc(OCCOCCOCCOC)c3)c3ccc([n-]3)c(C#C)c3nc(c(-c4cccc(OCCOCCOCCOC)c4)c4ccc1[n-]4)C=C3)C=C2.[Zn+2]. The third-order valence-corrected chi connectivity index (χ3v) is 9.74. The zero-order valence-corrected chi connectivity index (χ0v) is 38.6. The molecule has 13 heteroatoms. The van der Waals surface area contributed by atoms with Crippen molar-refractivity contribution >= 4 is 46.4 Å². The van der Waals surface area contributed by atoms with Gasteiger partial charge in [-0.3, -0.25) is 0 Å². The van der Waals surface area contributed by atoms with Crippen LogP contribution in [0.15, 0.2) is 72.8 Å². The molecule has 7 rings (SSSR count). The van der Waals surface area contributed by atoms with Crippen molar-refractivity contribution in [1.29, 1.82) is 0 Å². The number of hydrogen-bond acceptors (Lipinski definition) is 10. The molecule has 318 valence electrons. The summed E-state index contributed by atoms with van der Waals surface area (Å²) in [4.78, 5) is 20.4. The molecule has 0 N–H and O–H groups in total. The molecule has 0 amide bonds. The van der Waals surface area contributed by atoms with Crippen molar-refractivity contribution in [3.63, 3.8) is 0 Å². The van der Waals surface area contributed by atoms with Crippen molar-refractivity contribution in [3.8, 4) is 58.4 Å². The average Bonchev–Trinajstić information content (AvgIpc) is 4.14. The van der Waals surface area contributed by atoms with Crippen molar-refractivity contribution < 1.29 is 57.4 Å². The van der Waals surface area contributed by atoms with Crippen LogP contribution in [0.2, 0.25) is 0 Å². The Morgan fingerprint density at radius 3 is 1.22 bits per heavy atom. The number of ether oxygens (including phenoxy) is 8. The van der Waals surface area contributed by atoms with E-state index >= 15 is 0 Å². The molecule has 12 nitrogen and oxygen atoms in total. The Balaban J connectivity index is 0.00000661. The van der Waals surface area contributed by atoms with Gasteiger partial charge in [0.1, 0.15) is 24.7 Å². The van der Waals surface area contributed by atoms with Crippen molar-refractivity contribution in [2.24, 2.45) is 0 Å². The molecule has 63 heavy (non-hydrogen) atoms. The number of terminal acetylenes is 2. The summed E-state index contributed by atoms with van der Waals surface area (Å²) in [6.07, 6.45) is 20.1. The smallest absolute Gasteiger partial charge is 0.656 e. The molecule has 0 atom stereocenters. The Morgan fingerprint density at radius 1 is 0.460 bits per heavy atom. The maximum Gasteiger partial charge on any atom is 2.00 e. The molecule has 0 unspecified atom stereocenters. The Morgan fingerprint density at radius 2 is 0.825 bits per heavy atom. The molecule has 0 saturated heterocycles. The summed E-state index contributed by atoms with van der Waals surface area (Å²) in [5.41, 5.74) is 9.44. The van der Waals surface area contributed by atoms with Crippen molar-refractivity contribution in [2.75, 3.05) is 93.5 Å². The van der Waals surface area contributed by atoms with Crippen molar-refractivity contribution in [3.05, 3.63) is 107 Å². The fraction of sp³-hybridized carbons (Fsp3) is 0.280. The number of benzene rings is 2. The minimum atomic E-state index is 0. The molecule has 5 heterocycles. The number of aromatic nitrogens is 4. The number of hydrogen-bond donors (Lipinski definition) is 0. The average molecular weight is 898 g/mol. The summed E-state index contributed by atoms with van der Waals surface area (Å²) in [6.45, 7) is 5.58. The topological polar surface area (TPSA) is 128 Å². The third kappa shape index (κ3) is 12.2. The third-order valence-electron chi connectivity index (χ3n) is 9.74. The Kier molecular flexibility index (Phi) is 17.9. The van der Waals surface area contributed by atoms with Gasteiger partial charge in [0, 0.05) is 25.3 Å². The van der Waals surface area contributed by atoms with E-state index in [1.165, 1.54) is 0 Å². The zero-order valence-electron chi connectivity index (χ0n) is 35.6. The van der Waals surface area contributed by atoms with Gasteiger partial charge in [-0.15, -0.1) is 34.9 Å². The molecule has 3 aromatic heterocycles. The van der Waals surface area contributed by atoms with Crippen LogP contribution >= 0.6 is 0 Å². The summed E-state index contributed by atoms with van der Waals surface area (Å²) < 4.78 is 44.5. The fourth-order valence-corrected chi connectivity index (χ4v) is 6.82. The first-order valence-electron chi connectivity index (χ1n) is 20.3. The van der Waals surface area contributed by atoms with Gasteiger partial charge in [0.05, 0.1) is 88.8 Å². The molecule has 5 aromatic rings. The molecule has 2 aromatic carbocycles. The molecule has 0 saturated carbocycles. The summed E-state index contributed by atoms with van der Waals surface area (Å²) in [5, 5.41) is 0. The second kappa shape index (κ2) is 24.1. The van der Waals surface area contributed by atoms with E-state index in [1.54, 1.807) is 14.2 Å². The minimum Gasteiger partial charge on any atom is -0.656 e. The summed E-state index contributed by atoms with van der Waals surface area (Å²) in [6, 6.07) is 23.3. The maximum absolute atomic E-state index is 6.22. The van der Waals surface area contributed by atoms with E-state index in [4.69, 9.17) is 70.7 Å². The van der Waals surface area contributed by atoms with E-state index in [0.717, 1.165) is 22.3 Å². The van der Waals surface area contributed by atoms with Crippen LogP contribution in [0.25, 0.3) is 68.6 Å². The van der Waals surface area contributed by atoms with Gasteiger partial charge in [-0.25, -0.2) is 9.97 Å². The number of methoxy groups -OCH3 is 2. The van der Waals surface area contributed by atoms with E-state index in [-0.39, 0.29) is 19.5 Å². The molecule has 2 aliphatic heterocycles. The molecule has 0 spiro atoms. The van der Waals surface area contributed by atoms with Gasteiger partial charge >= 0.3 is 19.5 Å². The fourth-order valence-electron chi connectivity index (χ4n) is 6.82. The van der Waals surface area contributed by atoms with E-state index in [9.17, 15) is 0 Å². The Labute approximate surface area is 380 Å². The molecule has 2 aliphatic rings. The monoisotopic (exact) mass is 896 g/mol. The first kappa shape index (κ1) is 46.6. The molecular formula is C50H48N4O8Zn. The minimum absolute atomic E-state index is 0. The molecule has 0 radical (unpaired) electrons. The predicted molar refractivity (Wildman–Crippen MR) is 242 cm³/mol. The second-order valence-corrected chi connectivity index (χ2v) is 13.8. The van der Waals surface area contributed by atoms with Gasteiger partial charge in [-0.1, -0.05) is 60.4 Å². The first-order chi connectivity index (χ1) is 30.6. The Hall–Kier alpha value is -5.86. The van der Waals surface area contributed by atoms with Gasteiger partial charge in [0.15, 0.2) is 0 Å². The molecule has 0 aliphatic carbocycles. The summed E-state index contributed by atoms with van der Waals surface area (Å²) in [5.74, 6) is 7.07. The van der Waals surface area contributed by atoms with Crippen LogP contribution in [0.1, 0.15) is 33.9 Å². The van der Waals surface area contributed by atoms with Crippen LogP contribution in [0, 0.1) is 24.7 Å². The molecule has 0 fully saturated rings. The van der Waals surface area contributed by atoms with E-state index < -0.39 is 0 Å². The number of rotatable bonds is 22. The van der Waals surface area contributed by atoms with Gasteiger partial charge in [-0.05, 0) is 70.8 Å². The zero-order chi connectivity index (χ0) is 42.9. The van der Waals surface area contributed by atoms with E-state index in [1.807, 2.05) is 97.1 Å². The standard InChI is InChI=1S/C50H48N4O8.Zn/c1-5-39-41-13-17-45(51-41)49(35-9-7-11-37(33-35)61-31-29-59-27-25-57-23-21-55-3)47-19-15-43(53-47)40(6-2)44-16-20-48(54-44)50(46-18-14-42(39)52-46)36-10-8-12-38(34-36)62-32-30-60-28-26-58-24-22-56-4;/h1-2,7-20,33-34H,21-32H2,3-4H3;/q-2;+2. The van der Waals surface area contributed by atoms with E-state index in [0.29, 0.717) is 147 Å². The molecular weight excluding hydrogens is 850 g/mol.